The largest absolute Gasteiger partial charge is 0.369 e. The van der Waals surface area contributed by atoms with Crippen LogP contribution in [0.5, 0.6) is 0 Å². The number of nitrogens with zero attached hydrogens (tertiary/aromatic N) is 1. The van der Waals surface area contributed by atoms with Crippen LogP contribution in [0.25, 0.3) is 17.1 Å². The summed E-state index contributed by atoms with van der Waals surface area (Å²) >= 11 is 0. The number of hydrogen-bond donors (Lipinski definition) is 2. The summed E-state index contributed by atoms with van der Waals surface area (Å²) < 4.78 is 0. The molecule has 0 saturated carbocycles. The SMILES string of the molecule is NC(=O)CC=Cc1c[nH]c2ncccc12. The second-order valence-electron chi connectivity index (χ2n) is 3.22. The maximum Gasteiger partial charge on any atom is 0.221 e. The Balaban J connectivity index is 2.28. The van der Waals surface area contributed by atoms with Crippen molar-refractivity contribution in [1.29, 1.82) is 0 Å². The summed E-state index contributed by atoms with van der Waals surface area (Å²) in [6.07, 6.45) is 7.46. The molecule has 0 aliphatic rings. The first kappa shape index (κ1) is 9.45. The average molecular weight is 201 g/mol. The first-order valence-corrected chi connectivity index (χ1v) is 4.64. The molecule has 2 heterocycles. The van der Waals surface area contributed by atoms with E-state index in [1.807, 2.05) is 24.4 Å². The molecule has 15 heavy (non-hydrogen) atoms. The minimum atomic E-state index is -0.329. The smallest absolute Gasteiger partial charge is 0.221 e. The summed E-state index contributed by atoms with van der Waals surface area (Å²) in [7, 11) is 0. The van der Waals surface area contributed by atoms with Crippen LogP contribution in [0.1, 0.15) is 12.0 Å². The first-order valence-electron chi connectivity index (χ1n) is 4.64. The molecule has 0 aromatic carbocycles. The number of rotatable bonds is 3. The van der Waals surface area contributed by atoms with E-state index in [1.165, 1.54) is 0 Å². The molecular weight excluding hydrogens is 190 g/mol. The summed E-state index contributed by atoms with van der Waals surface area (Å²) in [6, 6.07) is 3.85. The third kappa shape index (κ3) is 2.04. The number of nitrogens with one attached hydrogen (secondary N) is 1. The normalized spacial score (nSPS) is 11.2. The number of nitrogens with two attached hydrogens (primary N) is 1. The Kier molecular flexibility index (Phi) is 2.49. The van der Waals surface area contributed by atoms with E-state index in [9.17, 15) is 4.79 Å². The number of fused-ring (bicyclic) bond motifs is 1. The van der Waals surface area contributed by atoms with Gasteiger partial charge in [-0.05, 0) is 12.1 Å². The van der Waals surface area contributed by atoms with E-state index in [1.54, 1.807) is 12.3 Å². The molecule has 0 radical (unpaired) electrons. The van der Waals surface area contributed by atoms with Crippen molar-refractivity contribution < 1.29 is 4.79 Å². The Morgan fingerprint density at radius 1 is 1.60 bits per heavy atom. The molecule has 2 aromatic rings. The van der Waals surface area contributed by atoms with Crippen LogP contribution in [0.4, 0.5) is 0 Å². The molecule has 0 saturated heterocycles. The summed E-state index contributed by atoms with van der Waals surface area (Å²) in [5.74, 6) is -0.329. The molecule has 4 heteroatoms. The summed E-state index contributed by atoms with van der Waals surface area (Å²) in [6.45, 7) is 0. The van der Waals surface area contributed by atoms with Gasteiger partial charge in [0, 0.05) is 29.8 Å². The van der Waals surface area contributed by atoms with Gasteiger partial charge in [0.25, 0.3) is 0 Å². The van der Waals surface area contributed by atoms with Gasteiger partial charge in [-0.3, -0.25) is 4.79 Å². The quantitative estimate of drug-likeness (QED) is 0.788. The van der Waals surface area contributed by atoms with Gasteiger partial charge >= 0.3 is 0 Å². The zero-order valence-electron chi connectivity index (χ0n) is 8.10. The van der Waals surface area contributed by atoms with Gasteiger partial charge in [-0.2, -0.15) is 0 Å². The van der Waals surface area contributed by atoms with Crippen LogP contribution in [0.15, 0.2) is 30.6 Å². The number of primary amides is 1. The number of carbonyl (C=O) groups is 1. The zero-order valence-corrected chi connectivity index (χ0v) is 8.10. The van der Waals surface area contributed by atoms with Crippen LogP contribution in [-0.4, -0.2) is 15.9 Å². The lowest BCUT2D eigenvalue weighted by atomic mass is 10.2. The molecular formula is C11H11N3O. The predicted octanol–water partition coefficient (Wildman–Crippen LogP) is 1.45. The fraction of sp³-hybridized carbons (Fsp3) is 0.0909. The standard InChI is InChI=1S/C11H11N3O/c12-10(15)5-1-3-8-7-14-11-9(8)4-2-6-13-11/h1-4,6-7H,5H2,(H2,12,15)(H,13,14). The Morgan fingerprint density at radius 3 is 3.27 bits per heavy atom. The molecule has 0 aliphatic heterocycles. The Morgan fingerprint density at radius 2 is 2.47 bits per heavy atom. The highest BCUT2D eigenvalue weighted by atomic mass is 16.1. The number of amides is 1. The molecule has 0 atom stereocenters. The zero-order chi connectivity index (χ0) is 10.7. The van der Waals surface area contributed by atoms with E-state index >= 15 is 0 Å². The van der Waals surface area contributed by atoms with Crippen LogP contribution in [-0.2, 0) is 4.79 Å². The Hall–Kier alpha value is -2.10. The maximum atomic E-state index is 10.5. The summed E-state index contributed by atoms with van der Waals surface area (Å²) in [4.78, 5) is 17.8. The van der Waals surface area contributed by atoms with E-state index in [0.717, 1.165) is 16.6 Å². The topological polar surface area (TPSA) is 71.8 Å². The van der Waals surface area contributed by atoms with Gasteiger partial charge in [0.15, 0.2) is 0 Å². The van der Waals surface area contributed by atoms with Crippen molar-refractivity contribution >= 4 is 23.0 Å². The van der Waals surface area contributed by atoms with Gasteiger partial charge < -0.3 is 10.7 Å². The molecule has 0 bridgehead atoms. The van der Waals surface area contributed by atoms with Crippen LogP contribution >= 0.6 is 0 Å². The van der Waals surface area contributed by atoms with Crippen LogP contribution in [0.2, 0.25) is 0 Å². The van der Waals surface area contributed by atoms with Gasteiger partial charge in [0.2, 0.25) is 5.91 Å². The number of aromatic nitrogens is 2. The van der Waals surface area contributed by atoms with Crippen molar-refractivity contribution in [3.05, 3.63) is 36.2 Å². The third-order valence-electron chi connectivity index (χ3n) is 2.10. The lowest BCUT2D eigenvalue weighted by Gasteiger charge is -1.89. The molecule has 2 rings (SSSR count). The van der Waals surface area contributed by atoms with Gasteiger partial charge in [0.1, 0.15) is 5.65 Å². The van der Waals surface area contributed by atoms with Crippen molar-refractivity contribution in [3.63, 3.8) is 0 Å². The number of carbonyl (C=O) groups excluding carboxylic acids is 1. The second-order valence-corrected chi connectivity index (χ2v) is 3.22. The first-order chi connectivity index (χ1) is 7.27. The van der Waals surface area contributed by atoms with E-state index in [4.69, 9.17) is 5.73 Å². The van der Waals surface area contributed by atoms with Crippen molar-refractivity contribution in [1.82, 2.24) is 9.97 Å². The van der Waals surface area contributed by atoms with Gasteiger partial charge in [-0.25, -0.2) is 4.98 Å². The molecule has 2 aromatic heterocycles. The number of pyridine rings is 1. The van der Waals surface area contributed by atoms with E-state index in [0.29, 0.717) is 0 Å². The molecule has 4 nitrogen and oxygen atoms in total. The summed E-state index contributed by atoms with van der Waals surface area (Å²) in [5.41, 5.74) is 6.89. The fourth-order valence-corrected chi connectivity index (χ4v) is 1.42. The Bertz CT molecular complexity index is 513. The lowest BCUT2D eigenvalue weighted by molar-refractivity contribution is -0.117. The molecule has 0 spiro atoms. The molecule has 0 aliphatic carbocycles. The molecule has 1 amide bonds. The highest BCUT2D eigenvalue weighted by Gasteiger charge is 1.99. The molecule has 0 fully saturated rings. The third-order valence-corrected chi connectivity index (χ3v) is 2.10. The van der Waals surface area contributed by atoms with E-state index in [2.05, 4.69) is 9.97 Å². The number of H-pyrrole nitrogens is 1. The van der Waals surface area contributed by atoms with Crippen LogP contribution in [0, 0.1) is 0 Å². The average Bonchev–Trinajstić information content (AvgIpc) is 2.62. The van der Waals surface area contributed by atoms with Crippen molar-refractivity contribution in [3.8, 4) is 0 Å². The Labute approximate surface area is 86.8 Å². The molecule has 3 N–H and O–H groups in total. The highest BCUT2D eigenvalue weighted by molar-refractivity contribution is 5.86. The number of hydrogen-bond acceptors (Lipinski definition) is 2. The van der Waals surface area contributed by atoms with Gasteiger partial charge in [0.05, 0.1) is 0 Å². The van der Waals surface area contributed by atoms with E-state index in [-0.39, 0.29) is 12.3 Å². The molecule has 76 valence electrons. The van der Waals surface area contributed by atoms with Crippen molar-refractivity contribution in [2.45, 2.75) is 6.42 Å². The maximum absolute atomic E-state index is 10.5. The van der Waals surface area contributed by atoms with Gasteiger partial charge in [-0.1, -0.05) is 12.2 Å². The predicted molar refractivity (Wildman–Crippen MR) is 58.9 cm³/mol. The lowest BCUT2D eigenvalue weighted by Crippen LogP contribution is -2.07. The van der Waals surface area contributed by atoms with Crippen molar-refractivity contribution in [2.75, 3.05) is 0 Å². The molecule has 0 unspecified atom stereocenters. The van der Waals surface area contributed by atoms with Gasteiger partial charge in [-0.15, -0.1) is 0 Å². The summed E-state index contributed by atoms with van der Waals surface area (Å²) in [5, 5.41) is 1.04. The second kappa shape index (κ2) is 3.96. The van der Waals surface area contributed by atoms with Crippen LogP contribution < -0.4 is 5.73 Å². The van der Waals surface area contributed by atoms with Crippen LogP contribution in [0.3, 0.4) is 0 Å². The highest BCUT2D eigenvalue weighted by Crippen LogP contribution is 2.16. The minimum absolute atomic E-state index is 0.257. The van der Waals surface area contributed by atoms with E-state index < -0.39 is 0 Å². The van der Waals surface area contributed by atoms with Crippen molar-refractivity contribution in [2.24, 2.45) is 5.73 Å². The fourth-order valence-electron chi connectivity index (χ4n) is 1.42. The monoisotopic (exact) mass is 201 g/mol. The number of aromatic amines is 1. The minimum Gasteiger partial charge on any atom is -0.369 e.